The lowest BCUT2D eigenvalue weighted by atomic mass is 9.93. The fraction of sp³-hybridized carbons (Fsp3) is 0.162. The molecule has 0 bridgehead atoms. The zero-order valence-electron chi connectivity index (χ0n) is 27.5. The molecular formula is C37H32O17. The van der Waals surface area contributed by atoms with Crippen LogP contribution in [0, 0.1) is 0 Å². The van der Waals surface area contributed by atoms with Gasteiger partial charge >= 0.3 is 5.97 Å². The average molecular weight is 749 g/mol. The van der Waals surface area contributed by atoms with Crippen molar-refractivity contribution in [2.24, 2.45) is 0 Å². The molecule has 13 N–H and O–H groups in total. The topological polar surface area (TPSA) is 308 Å². The van der Waals surface area contributed by atoms with E-state index in [9.17, 15) is 71.2 Å². The van der Waals surface area contributed by atoms with Gasteiger partial charge < -0.3 is 80.6 Å². The SMILES string of the molecule is O=C(O[C@@H]1Cc2c(O)cc(O)cc2O[C@@H]1c1cc(O)c(O)c(O)c1)c1cc(O)c(O)c(O)c1.Oc1cc(O)c2c(c1)O[C@@H](c1ccc(O)c(O)c1)[C@H](O)C2. The molecule has 5 aromatic carbocycles. The van der Waals surface area contributed by atoms with E-state index in [0.717, 1.165) is 30.3 Å². The molecule has 0 saturated heterocycles. The van der Waals surface area contributed by atoms with Crippen LogP contribution >= 0.6 is 0 Å². The van der Waals surface area contributed by atoms with Crippen LogP contribution in [0.2, 0.25) is 0 Å². The first-order valence-electron chi connectivity index (χ1n) is 15.8. The maximum Gasteiger partial charge on any atom is 0.338 e. The first kappa shape index (κ1) is 36.5. The molecular weight excluding hydrogens is 716 g/mol. The summed E-state index contributed by atoms with van der Waals surface area (Å²) in [5.74, 6) is -6.65. The second-order valence-electron chi connectivity index (χ2n) is 12.4. The normalized spacial score (nSPS) is 18.5. The summed E-state index contributed by atoms with van der Waals surface area (Å²) in [6.45, 7) is 0. The van der Waals surface area contributed by atoms with Gasteiger partial charge in [0.05, 0.1) is 11.7 Å². The van der Waals surface area contributed by atoms with Gasteiger partial charge in [-0.05, 0) is 42.0 Å². The largest absolute Gasteiger partial charge is 0.508 e. The van der Waals surface area contributed by atoms with Gasteiger partial charge in [-0.3, -0.25) is 0 Å². The fourth-order valence-electron chi connectivity index (χ4n) is 6.02. The Hall–Kier alpha value is -7.27. The minimum Gasteiger partial charge on any atom is -0.508 e. The highest BCUT2D eigenvalue weighted by atomic mass is 16.6. The number of carbonyl (C=O) groups excluding carboxylic acids is 1. The average Bonchev–Trinajstić information content (AvgIpc) is 3.10. The lowest BCUT2D eigenvalue weighted by Gasteiger charge is -2.34. The van der Waals surface area contributed by atoms with Crippen LogP contribution in [0.5, 0.6) is 80.5 Å². The highest BCUT2D eigenvalue weighted by Crippen LogP contribution is 2.47. The van der Waals surface area contributed by atoms with Crippen LogP contribution in [-0.2, 0) is 17.6 Å². The maximum atomic E-state index is 12.7. The number of rotatable bonds is 4. The molecule has 0 aromatic heterocycles. The third-order valence-corrected chi connectivity index (χ3v) is 8.67. The lowest BCUT2D eigenvalue weighted by molar-refractivity contribution is -0.0189. The van der Waals surface area contributed by atoms with Gasteiger partial charge in [-0.1, -0.05) is 6.07 Å². The Morgan fingerprint density at radius 3 is 1.54 bits per heavy atom. The molecule has 2 heterocycles. The monoisotopic (exact) mass is 748 g/mol. The molecule has 17 heteroatoms. The molecule has 54 heavy (non-hydrogen) atoms. The van der Waals surface area contributed by atoms with Gasteiger partial charge in [0.2, 0.25) is 0 Å². The zero-order valence-corrected chi connectivity index (χ0v) is 27.5. The van der Waals surface area contributed by atoms with Gasteiger partial charge in [-0.25, -0.2) is 4.79 Å². The Balaban J connectivity index is 0.000000203. The number of aromatic hydroxyl groups is 12. The maximum absolute atomic E-state index is 12.7. The fourth-order valence-corrected chi connectivity index (χ4v) is 6.02. The van der Waals surface area contributed by atoms with Crippen molar-refractivity contribution in [2.75, 3.05) is 0 Å². The van der Waals surface area contributed by atoms with Gasteiger partial charge in [-0.2, -0.15) is 0 Å². The number of hydrogen-bond donors (Lipinski definition) is 13. The summed E-state index contributed by atoms with van der Waals surface area (Å²) >= 11 is 0. The van der Waals surface area contributed by atoms with Crippen LogP contribution < -0.4 is 9.47 Å². The van der Waals surface area contributed by atoms with E-state index in [1.54, 1.807) is 0 Å². The summed E-state index contributed by atoms with van der Waals surface area (Å²) in [7, 11) is 0. The van der Waals surface area contributed by atoms with Crippen LogP contribution in [0.15, 0.2) is 66.7 Å². The van der Waals surface area contributed by atoms with E-state index in [1.807, 2.05) is 0 Å². The smallest absolute Gasteiger partial charge is 0.338 e. The third-order valence-electron chi connectivity index (χ3n) is 8.67. The van der Waals surface area contributed by atoms with E-state index in [2.05, 4.69) is 0 Å². The lowest BCUT2D eigenvalue weighted by Crippen LogP contribution is -2.34. The molecule has 0 radical (unpaired) electrons. The number of esters is 1. The molecule has 0 saturated carbocycles. The number of carbonyl (C=O) groups is 1. The van der Waals surface area contributed by atoms with Crippen molar-refractivity contribution >= 4 is 5.97 Å². The summed E-state index contributed by atoms with van der Waals surface area (Å²) in [5, 5.41) is 127. The number of hydrogen-bond acceptors (Lipinski definition) is 17. The highest BCUT2D eigenvalue weighted by molar-refractivity contribution is 5.91. The Labute approximate surface area is 303 Å². The molecule has 0 unspecified atom stereocenters. The number of aliphatic hydroxyl groups is 1. The van der Waals surface area contributed by atoms with Crippen LogP contribution in [-0.4, -0.2) is 84.6 Å². The van der Waals surface area contributed by atoms with Crippen LogP contribution in [0.4, 0.5) is 0 Å². The minimum absolute atomic E-state index is 0.0526. The van der Waals surface area contributed by atoms with Crippen molar-refractivity contribution in [3.8, 4) is 80.5 Å². The molecule has 4 atom stereocenters. The number of fused-ring (bicyclic) bond motifs is 2. The standard InChI is InChI=1S/C22H18O11.C15H14O6/c23-10-5-12(24)11-7-18(33-22(31)9-3-15(27)20(30)16(28)4-9)21(32-17(11)6-10)8-1-13(25)19(29)14(26)2-8;16-8-4-11(18)9-6-13(20)15(21-14(9)5-8)7-1-2-10(17)12(19)3-7/h1-6,18,21,23-30H,7H2;1-5,13,15-20H,6H2/t18-,21-;13-,15+/m11/s1. The van der Waals surface area contributed by atoms with Crippen molar-refractivity contribution in [2.45, 2.75) is 37.3 Å². The van der Waals surface area contributed by atoms with Gasteiger partial charge in [0.1, 0.15) is 46.7 Å². The highest BCUT2D eigenvalue weighted by Gasteiger charge is 2.38. The van der Waals surface area contributed by atoms with E-state index in [-0.39, 0.29) is 75.5 Å². The van der Waals surface area contributed by atoms with E-state index in [4.69, 9.17) is 14.2 Å². The molecule has 282 valence electrons. The Morgan fingerprint density at radius 1 is 0.519 bits per heavy atom. The van der Waals surface area contributed by atoms with Gasteiger partial charge in [0.15, 0.2) is 52.1 Å². The summed E-state index contributed by atoms with van der Waals surface area (Å²) in [6, 6.07) is 12.8. The van der Waals surface area contributed by atoms with Crippen molar-refractivity contribution in [1.82, 2.24) is 0 Å². The summed E-state index contributed by atoms with van der Waals surface area (Å²) in [6.07, 6.45) is -4.05. The van der Waals surface area contributed by atoms with Crippen LogP contribution in [0.25, 0.3) is 0 Å². The molecule has 2 aliphatic heterocycles. The van der Waals surface area contributed by atoms with Crippen molar-refractivity contribution in [3.63, 3.8) is 0 Å². The number of phenolic OH excluding ortho intramolecular Hbond substituents is 12. The molecule has 17 nitrogen and oxygen atoms in total. The van der Waals surface area contributed by atoms with Crippen molar-refractivity contribution in [3.05, 3.63) is 94.5 Å². The Morgan fingerprint density at radius 2 is 1.00 bits per heavy atom. The van der Waals surface area contributed by atoms with Crippen LogP contribution in [0.1, 0.15) is 44.8 Å². The number of phenols is 12. The van der Waals surface area contributed by atoms with Crippen molar-refractivity contribution < 1.29 is 85.4 Å². The Bertz CT molecular complexity index is 2220. The first-order valence-corrected chi connectivity index (χ1v) is 15.8. The molecule has 2 aliphatic rings. The summed E-state index contributed by atoms with van der Waals surface area (Å²) in [5.41, 5.74) is 0.875. The van der Waals surface area contributed by atoms with Gasteiger partial charge in [-0.15, -0.1) is 0 Å². The molecule has 0 amide bonds. The van der Waals surface area contributed by atoms with E-state index < -0.39 is 64.9 Å². The molecule has 5 aromatic rings. The predicted molar refractivity (Wildman–Crippen MR) is 182 cm³/mol. The van der Waals surface area contributed by atoms with E-state index in [1.165, 1.54) is 36.4 Å². The first-order chi connectivity index (χ1) is 25.5. The second kappa shape index (κ2) is 14.0. The predicted octanol–water partition coefficient (Wildman–Crippen LogP) is 3.78. The second-order valence-corrected chi connectivity index (χ2v) is 12.4. The van der Waals surface area contributed by atoms with Crippen molar-refractivity contribution in [1.29, 1.82) is 0 Å². The molecule has 0 fully saturated rings. The summed E-state index contributed by atoms with van der Waals surface area (Å²) < 4.78 is 16.9. The zero-order chi connectivity index (χ0) is 39.2. The third kappa shape index (κ3) is 7.10. The summed E-state index contributed by atoms with van der Waals surface area (Å²) in [4.78, 5) is 12.7. The van der Waals surface area contributed by atoms with Gasteiger partial charge in [0.25, 0.3) is 0 Å². The number of aliphatic hydroxyl groups excluding tert-OH is 1. The number of ether oxygens (including phenoxy) is 3. The van der Waals surface area contributed by atoms with Gasteiger partial charge in [0, 0.05) is 53.8 Å². The Kier molecular flexibility index (Phi) is 9.49. The molecule has 7 rings (SSSR count). The molecule has 0 aliphatic carbocycles. The van der Waals surface area contributed by atoms with E-state index >= 15 is 0 Å². The number of benzene rings is 5. The quantitative estimate of drug-likeness (QED) is 0.0918. The van der Waals surface area contributed by atoms with Crippen LogP contribution in [0.3, 0.4) is 0 Å². The van der Waals surface area contributed by atoms with E-state index in [0.29, 0.717) is 11.1 Å². The minimum atomic E-state index is -1.18. The molecule has 0 spiro atoms.